The summed E-state index contributed by atoms with van der Waals surface area (Å²) in [4.78, 5) is 12.6. The van der Waals surface area contributed by atoms with Crippen molar-refractivity contribution in [2.45, 2.75) is 18.7 Å². The van der Waals surface area contributed by atoms with Crippen molar-refractivity contribution in [2.75, 3.05) is 11.1 Å². The number of amides is 1. The molecule has 0 aliphatic rings. The highest BCUT2D eigenvalue weighted by molar-refractivity contribution is 7.99. The van der Waals surface area contributed by atoms with Crippen molar-refractivity contribution in [2.24, 2.45) is 0 Å². The zero-order chi connectivity index (χ0) is 23.2. The molecule has 0 aliphatic heterocycles. The second-order valence-electron chi connectivity index (χ2n) is 7.08. The van der Waals surface area contributed by atoms with Gasteiger partial charge in [0.1, 0.15) is 6.61 Å². The number of nitrogens with one attached hydrogen (secondary N) is 1. The van der Waals surface area contributed by atoms with Crippen LogP contribution in [-0.2, 0) is 11.4 Å². The third kappa shape index (κ3) is 5.71. The Balaban J connectivity index is 1.51. The minimum atomic E-state index is -0.453. The zero-order valence-electron chi connectivity index (χ0n) is 17.7. The van der Waals surface area contributed by atoms with Gasteiger partial charge in [0, 0.05) is 16.4 Å². The maximum atomic E-state index is 13.9. The number of rotatable bonds is 8. The molecule has 0 radical (unpaired) electrons. The van der Waals surface area contributed by atoms with Crippen LogP contribution in [0, 0.1) is 12.7 Å². The zero-order valence-corrected chi connectivity index (χ0v) is 19.2. The first-order chi connectivity index (χ1) is 16.0. The van der Waals surface area contributed by atoms with Crippen molar-refractivity contribution in [3.05, 3.63) is 95.0 Å². The van der Waals surface area contributed by atoms with Gasteiger partial charge in [-0.3, -0.25) is 9.36 Å². The maximum absolute atomic E-state index is 13.9. The van der Waals surface area contributed by atoms with Crippen LogP contribution < -0.4 is 10.1 Å². The highest BCUT2D eigenvalue weighted by atomic mass is 35.5. The van der Waals surface area contributed by atoms with Crippen molar-refractivity contribution in [3.63, 3.8) is 0 Å². The Hall–Kier alpha value is -3.36. The number of thioether (sulfide) groups is 1. The fraction of sp³-hybridized carbons (Fsp3) is 0.125. The molecule has 0 saturated carbocycles. The molecule has 0 fully saturated rings. The molecule has 1 N–H and O–H groups in total. The monoisotopic (exact) mass is 482 g/mol. The van der Waals surface area contributed by atoms with Crippen LogP contribution in [0.15, 0.2) is 78.0 Å². The summed E-state index contributed by atoms with van der Waals surface area (Å²) in [6, 6.07) is 21.0. The SMILES string of the molecule is Cc1ccc(Cl)cc1NC(=O)CSc1nnc(COc2ccccc2F)n1-c1ccccc1. The molecule has 6 nitrogen and oxygen atoms in total. The highest BCUT2D eigenvalue weighted by Crippen LogP contribution is 2.25. The van der Waals surface area contributed by atoms with Crippen LogP contribution in [-0.4, -0.2) is 26.4 Å². The van der Waals surface area contributed by atoms with E-state index in [-0.39, 0.29) is 24.0 Å². The molecule has 0 bridgehead atoms. The van der Waals surface area contributed by atoms with E-state index in [0.29, 0.717) is 21.7 Å². The van der Waals surface area contributed by atoms with E-state index < -0.39 is 5.82 Å². The average molecular weight is 483 g/mol. The predicted molar refractivity (Wildman–Crippen MR) is 128 cm³/mol. The van der Waals surface area contributed by atoms with Gasteiger partial charge in [0.05, 0.1) is 5.75 Å². The first-order valence-corrected chi connectivity index (χ1v) is 11.4. The number of carbonyl (C=O) groups is 1. The van der Waals surface area contributed by atoms with Crippen molar-refractivity contribution in [1.82, 2.24) is 14.8 Å². The summed E-state index contributed by atoms with van der Waals surface area (Å²) in [5.41, 5.74) is 2.39. The van der Waals surface area contributed by atoms with Crippen LogP contribution in [0.4, 0.5) is 10.1 Å². The Bertz CT molecular complexity index is 1270. The van der Waals surface area contributed by atoms with Crippen molar-refractivity contribution < 1.29 is 13.9 Å². The van der Waals surface area contributed by atoms with Crippen LogP contribution in [0.5, 0.6) is 5.75 Å². The Morgan fingerprint density at radius 3 is 2.64 bits per heavy atom. The molecular formula is C24H20ClFN4O2S. The van der Waals surface area contributed by atoms with Gasteiger partial charge < -0.3 is 10.1 Å². The topological polar surface area (TPSA) is 69.0 Å². The minimum absolute atomic E-state index is 0.0112. The fourth-order valence-corrected chi connectivity index (χ4v) is 4.02. The van der Waals surface area contributed by atoms with Crippen molar-refractivity contribution in [1.29, 1.82) is 0 Å². The molecule has 0 saturated heterocycles. The number of ether oxygens (including phenoxy) is 1. The van der Waals surface area contributed by atoms with Gasteiger partial charge in [-0.25, -0.2) is 4.39 Å². The number of para-hydroxylation sites is 2. The van der Waals surface area contributed by atoms with Gasteiger partial charge in [-0.15, -0.1) is 10.2 Å². The second kappa shape index (κ2) is 10.5. The number of anilines is 1. The van der Waals surface area contributed by atoms with E-state index in [4.69, 9.17) is 16.3 Å². The molecule has 1 aromatic heterocycles. The Kier molecular flexibility index (Phi) is 7.26. The van der Waals surface area contributed by atoms with E-state index in [9.17, 15) is 9.18 Å². The van der Waals surface area contributed by atoms with Gasteiger partial charge in [0.2, 0.25) is 5.91 Å². The second-order valence-corrected chi connectivity index (χ2v) is 8.46. The highest BCUT2D eigenvalue weighted by Gasteiger charge is 2.17. The third-order valence-electron chi connectivity index (χ3n) is 4.71. The van der Waals surface area contributed by atoms with Gasteiger partial charge in [0.25, 0.3) is 0 Å². The summed E-state index contributed by atoms with van der Waals surface area (Å²) in [6.07, 6.45) is 0. The van der Waals surface area contributed by atoms with Gasteiger partial charge in [0.15, 0.2) is 22.5 Å². The standard InChI is InChI=1S/C24H20ClFN4O2S/c1-16-11-12-17(25)13-20(16)27-23(31)15-33-24-29-28-22(30(24)18-7-3-2-4-8-18)14-32-21-10-6-5-9-19(21)26/h2-13H,14-15H2,1H3,(H,27,31). The molecular weight excluding hydrogens is 463 g/mol. The van der Waals surface area contributed by atoms with Gasteiger partial charge in [-0.1, -0.05) is 59.8 Å². The van der Waals surface area contributed by atoms with Crippen LogP contribution in [0.2, 0.25) is 5.02 Å². The molecule has 168 valence electrons. The normalized spacial score (nSPS) is 10.8. The summed E-state index contributed by atoms with van der Waals surface area (Å²) in [5.74, 6) is 0.0806. The fourth-order valence-electron chi connectivity index (χ4n) is 3.07. The number of carbonyl (C=O) groups excluding carboxylic acids is 1. The van der Waals surface area contributed by atoms with Crippen molar-refractivity contribution >= 4 is 35.0 Å². The largest absolute Gasteiger partial charge is 0.483 e. The summed E-state index contributed by atoms with van der Waals surface area (Å²) >= 11 is 7.27. The molecule has 0 aliphatic carbocycles. The molecule has 4 aromatic rings. The van der Waals surface area contributed by atoms with Crippen LogP contribution >= 0.6 is 23.4 Å². The molecule has 0 atom stereocenters. The number of aryl methyl sites for hydroxylation is 1. The van der Waals surface area contributed by atoms with Gasteiger partial charge >= 0.3 is 0 Å². The average Bonchev–Trinajstić information content (AvgIpc) is 3.23. The van der Waals surface area contributed by atoms with Crippen LogP contribution in [0.25, 0.3) is 5.69 Å². The Labute approximate surface area is 199 Å². The summed E-state index contributed by atoms with van der Waals surface area (Å²) in [6.45, 7) is 1.91. The quantitative estimate of drug-likeness (QED) is 0.327. The van der Waals surface area contributed by atoms with Gasteiger partial charge in [-0.05, 0) is 48.9 Å². The molecule has 3 aromatic carbocycles. The molecule has 0 unspecified atom stereocenters. The summed E-state index contributed by atoms with van der Waals surface area (Å²) in [7, 11) is 0. The first-order valence-electron chi connectivity index (χ1n) is 10.1. The first kappa shape index (κ1) is 22.8. The Morgan fingerprint density at radius 2 is 1.85 bits per heavy atom. The number of hydrogen-bond donors (Lipinski definition) is 1. The molecule has 33 heavy (non-hydrogen) atoms. The van der Waals surface area contributed by atoms with Crippen LogP contribution in [0.3, 0.4) is 0 Å². The van der Waals surface area contributed by atoms with E-state index in [2.05, 4.69) is 15.5 Å². The summed E-state index contributed by atoms with van der Waals surface area (Å²) in [5, 5.41) is 12.4. The summed E-state index contributed by atoms with van der Waals surface area (Å²) < 4.78 is 21.4. The third-order valence-corrected chi connectivity index (χ3v) is 5.88. The lowest BCUT2D eigenvalue weighted by Crippen LogP contribution is -2.15. The molecule has 1 amide bonds. The molecule has 0 spiro atoms. The number of halogens is 2. The minimum Gasteiger partial charge on any atom is -0.483 e. The maximum Gasteiger partial charge on any atom is 0.234 e. The smallest absolute Gasteiger partial charge is 0.234 e. The van der Waals surface area contributed by atoms with Crippen LogP contribution in [0.1, 0.15) is 11.4 Å². The molecule has 4 rings (SSSR count). The predicted octanol–water partition coefficient (Wildman–Crippen LogP) is 5.68. The lowest BCUT2D eigenvalue weighted by Gasteiger charge is -2.12. The lowest BCUT2D eigenvalue weighted by molar-refractivity contribution is -0.113. The van der Waals surface area contributed by atoms with E-state index in [1.54, 1.807) is 34.9 Å². The van der Waals surface area contributed by atoms with Crippen molar-refractivity contribution in [3.8, 4) is 11.4 Å². The molecule has 1 heterocycles. The lowest BCUT2D eigenvalue weighted by atomic mass is 10.2. The number of benzene rings is 3. The van der Waals surface area contributed by atoms with E-state index >= 15 is 0 Å². The van der Waals surface area contributed by atoms with E-state index in [1.165, 1.54) is 17.8 Å². The Morgan fingerprint density at radius 1 is 1.09 bits per heavy atom. The van der Waals surface area contributed by atoms with E-state index in [0.717, 1.165) is 11.3 Å². The van der Waals surface area contributed by atoms with Gasteiger partial charge in [-0.2, -0.15) is 0 Å². The van der Waals surface area contributed by atoms with E-state index in [1.807, 2.05) is 43.3 Å². The number of nitrogens with zero attached hydrogens (tertiary/aromatic N) is 3. The molecule has 9 heteroatoms. The number of aromatic nitrogens is 3. The number of hydrogen-bond acceptors (Lipinski definition) is 5.